The van der Waals surface area contributed by atoms with Crippen LogP contribution in [0.25, 0.3) is 0 Å². The number of aliphatic imine (C=N–C) groups is 1. The number of para-hydroxylation sites is 2. The maximum Gasteiger partial charge on any atom is 0.311 e. The minimum atomic E-state index is -0.304. The zero-order valence-electron chi connectivity index (χ0n) is 17.6. The first-order valence-corrected chi connectivity index (χ1v) is 11.4. The van der Waals surface area contributed by atoms with Gasteiger partial charge in [0.1, 0.15) is 0 Å². The van der Waals surface area contributed by atoms with Crippen molar-refractivity contribution in [2.45, 2.75) is 26.2 Å². The third-order valence-electron chi connectivity index (χ3n) is 4.53. The number of ether oxygens (including phenoxy) is 1. The second-order valence-corrected chi connectivity index (χ2v) is 7.97. The monoisotopic (exact) mass is 437 g/mol. The fourth-order valence-corrected chi connectivity index (χ4v) is 3.85. The molecule has 0 radical (unpaired) electrons. The maximum atomic E-state index is 12.3. The Morgan fingerprint density at radius 1 is 1.10 bits per heavy atom. The number of thioether (sulfide) groups is 1. The Labute approximate surface area is 187 Å². The van der Waals surface area contributed by atoms with E-state index in [-0.39, 0.29) is 24.1 Å². The summed E-state index contributed by atoms with van der Waals surface area (Å²) >= 11 is 1.35. The highest BCUT2D eigenvalue weighted by Gasteiger charge is 2.15. The predicted octanol–water partition coefficient (Wildman–Crippen LogP) is 4.46. The fraction of sp³-hybridized carbons (Fsp3) is 0.292. The number of carbonyl (C=O) groups is 2. The number of hydrogen-bond acceptors (Lipinski definition) is 6. The lowest BCUT2D eigenvalue weighted by Gasteiger charge is -2.10. The quantitative estimate of drug-likeness (QED) is 0.447. The van der Waals surface area contributed by atoms with Gasteiger partial charge in [-0.05, 0) is 43.5 Å². The van der Waals surface area contributed by atoms with E-state index in [1.165, 1.54) is 17.3 Å². The summed E-state index contributed by atoms with van der Waals surface area (Å²) in [6.07, 6.45) is 3.75. The summed E-state index contributed by atoms with van der Waals surface area (Å²) in [6.45, 7) is 2.75. The third kappa shape index (κ3) is 7.61. The van der Waals surface area contributed by atoms with Crippen molar-refractivity contribution in [3.8, 4) is 0 Å². The Balaban J connectivity index is 1.54. The molecule has 0 unspecified atom stereocenters. The van der Waals surface area contributed by atoms with Crippen LogP contribution >= 0.6 is 11.8 Å². The van der Waals surface area contributed by atoms with Gasteiger partial charge in [0.15, 0.2) is 0 Å². The molecule has 2 aromatic rings. The number of nitrogens with zero attached hydrogens (tertiary/aromatic N) is 1. The fourth-order valence-electron chi connectivity index (χ4n) is 3.08. The molecule has 1 aliphatic heterocycles. The summed E-state index contributed by atoms with van der Waals surface area (Å²) in [6, 6.07) is 17.8. The number of carbonyl (C=O) groups excluding carboxylic acids is 2. The summed E-state index contributed by atoms with van der Waals surface area (Å²) in [5.74, 6) is -0.0806. The van der Waals surface area contributed by atoms with Gasteiger partial charge in [0.05, 0.1) is 35.2 Å². The summed E-state index contributed by atoms with van der Waals surface area (Å²) < 4.78 is 5.06. The Morgan fingerprint density at radius 3 is 2.68 bits per heavy atom. The molecule has 0 spiro atoms. The van der Waals surface area contributed by atoms with Crippen LogP contribution in [-0.2, 0) is 20.7 Å². The number of anilines is 1. The van der Waals surface area contributed by atoms with E-state index >= 15 is 0 Å². The van der Waals surface area contributed by atoms with E-state index in [1.807, 2.05) is 48.5 Å². The summed E-state index contributed by atoms with van der Waals surface area (Å²) in [4.78, 5) is 28.9. The largest absolute Gasteiger partial charge is 0.466 e. The van der Waals surface area contributed by atoms with Crippen LogP contribution in [0.5, 0.6) is 0 Å². The van der Waals surface area contributed by atoms with Crippen molar-refractivity contribution in [1.29, 1.82) is 0 Å². The van der Waals surface area contributed by atoms with Crippen LogP contribution in [0.3, 0.4) is 0 Å². The zero-order valence-corrected chi connectivity index (χ0v) is 18.4. The van der Waals surface area contributed by atoms with Crippen molar-refractivity contribution >= 4 is 40.1 Å². The van der Waals surface area contributed by atoms with Gasteiger partial charge in [-0.3, -0.25) is 9.59 Å². The first kappa shape index (κ1) is 22.6. The molecule has 6 nitrogen and oxygen atoms in total. The van der Waals surface area contributed by atoms with Crippen molar-refractivity contribution in [2.24, 2.45) is 4.99 Å². The van der Waals surface area contributed by atoms with E-state index in [2.05, 4.69) is 27.8 Å². The maximum absolute atomic E-state index is 12.3. The van der Waals surface area contributed by atoms with Crippen LogP contribution in [-0.4, -0.2) is 35.8 Å². The topological polar surface area (TPSA) is 79.8 Å². The van der Waals surface area contributed by atoms with E-state index in [1.54, 1.807) is 6.92 Å². The Hall–Kier alpha value is -3.06. The molecule has 1 amide bonds. The van der Waals surface area contributed by atoms with Crippen LogP contribution < -0.4 is 10.6 Å². The number of amides is 1. The van der Waals surface area contributed by atoms with E-state index in [9.17, 15) is 9.59 Å². The van der Waals surface area contributed by atoms with Crippen molar-refractivity contribution < 1.29 is 14.3 Å². The van der Waals surface area contributed by atoms with E-state index in [0.717, 1.165) is 24.2 Å². The van der Waals surface area contributed by atoms with Crippen LogP contribution in [0, 0.1) is 0 Å². The van der Waals surface area contributed by atoms with Gasteiger partial charge in [0.2, 0.25) is 5.91 Å². The highest BCUT2D eigenvalue weighted by atomic mass is 32.2. The summed E-state index contributed by atoms with van der Waals surface area (Å²) in [5.41, 5.74) is 3.55. The molecule has 0 bridgehead atoms. The first-order valence-electron chi connectivity index (χ1n) is 10.4. The second kappa shape index (κ2) is 12.0. The predicted molar refractivity (Wildman–Crippen MR) is 127 cm³/mol. The molecule has 0 aliphatic carbocycles. The first-order chi connectivity index (χ1) is 15.1. The van der Waals surface area contributed by atoms with Crippen molar-refractivity contribution in [1.82, 2.24) is 5.32 Å². The van der Waals surface area contributed by atoms with Gasteiger partial charge >= 0.3 is 5.97 Å². The molecule has 2 aromatic carbocycles. The van der Waals surface area contributed by atoms with E-state index in [4.69, 9.17) is 4.74 Å². The smallest absolute Gasteiger partial charge is 0.311 e. The van der Waals surface area contributed by atoms with Crippen LogP contribution in [0.4, 0.5) is 11.4 Å². The average Bonchev–Trinajstić information content (AvgIpc) is 2.94. The number of rotatable bonds is 9. The molecule has 0 atom stereocenters. The highest BCUT2D eigenvalue weighted by Crippen LogP contribution is 2.31. The van der Waals surface area contributed by atoms with Crippen LogP contribution in [0.1, 0.15) is 25.3 Å². The lowest BCUT2D eigenvalue weighted by atomic mass is 10.1. The van der Waals surface area contributed by atoms with Crippen molar-refractivity contribution in [3.05, 3.63) is 71.9 Å². The molecule has 31 heavy (non-hydrogen) atoms. The van der Waals surface area contributed by atoms with Crippen LogP contribution in [0.2, 0.25) is 0 Å². The van der Waals surface area contributed by atoms with Crippen LogP contribution in [0.15, 0.2) is 71.4 Å². The second-order valence-electron chi connectivity index (χ2n) is 6.97. The van der Waals surface area contributed by atoms with E-state index < -0.39 is 0 Å². The van der Waals surface area contributed by atoms with Gasteiger partial charge in [-0.1, -0.05) is 54.2 Å². The SMILES string of the molecule is CCOC(=O)CC1=CC(SCC(=O)NCCCc2ccccc2)=Nc2ccccc2N1. The van der Waals surface area contributed by atoms with Gasteiger partial charge in [-0.15, -0.1) is 0 Å². The number of nitrogens with one attached hydrogen (secondary N) is 2. The molecule has 0 fully saturated rings. The minimum Gasteiger partial charge on any atom is -0.466 e. The number of aryl methyl sites for hydroxylation is 1. The summed E-state index contributed by atoms with van der Waals surface area (Å²) in [5, 5.41) is 6.89. The molecular weight excluding hydrogens is 410 g/mol. The number of fused-ring (bicyclic) bond motifs is 1. The molecule has 3 rings (SSSR count). The molecule has 0 saturated carbocycles. The molecule has 1 aliphatic rings. The van der Waals surface area contributed by atoms with E-state index in [0.29, 0.717) is 23.9 Å². The molecular formula is C24H27N3O3S. The summed E-state index contributed by atoms with van der Waals surface area (Å²) in [7, 11) is 0. The van der Waals surface area contributed by atoms with Crippen molar-refractivity contribution in [3.63, 3.8) is 0 Å². The van der Waals surface area contributed by atoms with Crippen molar-refractivity contribution in [2.75, 3.05) is 24.2 Å². The van der Waals surface area contributed by atoms with Gasteiger partial charge < -0.3 is 15.4 Å². The Morgan fingerprint density at radius 2 is 1.87 bits per heavy atom. The zero-order chi connectivity index (χ0) is 21.9. The van der Waals surface area contributed by atoms with Gasteiger partial charge in [-0.2, -0.15) is 0 Å². The highest BCUT2D eigenvalue weighted by molar-refractivity contribution is 8.14. The Kier molecular flexibility index (Phi) is 8.72. The minimum absolute atomic E-state index is 0.0356. The third-order valence-corrected chi connectivity index (χ3v) is 5.44. The standard InChI is InChI=1S/C24H27N3O3S/c1-2-30-24(29)16-19-15-23(27-21-13-7-6-12-20(21)26-19)31-17-22(28)25-14-8-11-18-9-4-3-5-10-18/h3-7,9-10,12-13,15,26H,2,8,11,14,16-17H2,1H3,(H,25,28). The molecule has 0 aromatic heterocycles. The lowest BCUT2D eigenvalue weighted by Crippen LogP contribution is -2.26. The number of benzene rings is 2. The molecule has 162 valence electrons. The molecule has 7 heteroatoms. The lowest BCUT2D eigenvalue weighted by molar-refractivity contribution is -0.142. The van der Waals surface area contributed by atoms with Gasteiger partial charge in [0, 0.05) is 12.2 Å². The molecule has 0 saturated heterocycles. The number of hydrogen-bond donors (Lipinski definition) is 2. The normalized spacial score (nSPS) is 12.5. The van der Waals surface area contributed by atoms with Gasteiger partial charge in [0.25, 0.3) is 0 Å². The average molecular weight is 438 g/mol. The number of esters is 1. The Bertz CT molecular complexity index is 958. The van der Waals surface area contributed by atoms with Gasteiger partial charge in [-0.25, -0.2) is 4.99 Å². The molecule has 2 N–H and O–H groups in total. The molecule has 1 heterocycles.